The molecule has 0 aliphatic rings. The fourth-order valence-corrected chi connectivity index (χ4v) is 1.99. The number of rotatable bonds is 1. The molecule has 2 heterocycles. The lowest BCUT2D eigenvalue weighted by atomic mass is 10.1. The Morgan fingerprint density at radius 2 is 2.12 bits per heavy atom. The van der Waals surface area contributed by atoms with Crippen LogP contribution in [-0.2, 0) is 0 Å². The molecule has 84 valence electrons. The lowest BCUT2D eigenvalue weighted by Crippen LogP contribution is -2.17. The topological polar surface area (TPSA) is 67.2 Å². The Morgan fingerprint density at radius 3 is 2.88 bits per heavy atom. The number of nitrogens with zero attached hydrogens (tertiary/aromatic N) is 2. The van der Waals surface area contributed by atoms with Gasteiger partial charge in [-0.3, -0.25) is 4.79 Å². The first-order chi connectivity index (χ1) is 8.18. The van der Waals surface area contributed by atoms with Gasteiger partial charge in [-0.25, -0.2) is 4.79 Å². The van der Waals surface area contributed by atoms with Crippen LogP contribution < -0.4 is 5.69 Å². The van der Waals surface area contributed by atoms with Crippen LogP contribution in [0.2, 0.25) is 0 Å². The van der Waals surface area contributed by atoms with Crippen molar-refractivity contribution in [3.05, 3.63) is 46.5 Å². The maximum atomic E-state index is 11.8. The van der Waals surface area contributed by atoms with Gasteiger partial charge in [0.05, 0.1) is 22.8 Å². The fraction of sp³-hybridized carbons (Fsp3) is 0.0833. The molecule has 0 aliphatic carbocycles. The molecular weight excluding hydrogens is 218 g/mol. The lowest BCUT2D eigenvalue weighted by Gasteiger charge is -2.01. The minimum absolute atomic E-state index is 0.101. The molecule has 5 heteroatoms. The highest BCUT2D eigenvalue weighted by molar-refractivity contribution is 6.08. The smallest absolute Gasteiger partial charge is 0.305 e. The third-order valence-electron chi connectivity index (χ3n) is 2.76. The van der Waals surface area contributed by atoms with Crippen molar-refractivity contribution in [1.29, 1.82) is 0 Å². The Bertz CT molecular complexity index is 798. The summed E-state index contributed by atoms with van der Waals surface area (Å²) >= 11 is 0. The third kappa shape index (κ3) is 1.29. The number of carbonyl (C=O) groups excluding carboxylic acids is 1. The number of H-pyrrole nitrogens is 1. The lowest BCUT2D eigenvalue weighted by molar-refractivity contribution is 0.101. The van der Waals surface area contributed by atoms with Gasteiger partial charge in [0, 0.05) is 5.39 Å². The summed E-state index contributed by atoms with van der Waals surface area (Å²) in [4.78, 5) is 26.0. The van der Waals surface area contributed by atoms with E-state index in [1.807, 2.05) is 18.2 Å². The fourth-order valence-electron chi connectivity index (χ4n) is 1.99. The van der Waals surface area contributed by atoms with E-state index in [-0.39, 0.29) is 11.5 Å². The molecule has 0 atom stereocenters. The normalized spacial score (nSPS) is 11.1. The van der Waals surface area contributed by atoms with Gasteiger partial charge < -0.3 is 4.98 Å². The van der Waals surface area contributed by atoms with Gasteiger partial charge in [-0.2, -0.15) is 9.61 Å². The van der Waals surface area contributed by atoms with Crippen molar-refractivity contribution in [3.8, 4) is 0 Å². The molecule has 3 aromatic rings. The molecule has 0 saturated heterocycles. The molecule has 3 rings (SSSR count). The SMILES string of the molecule is CC(=O)c1cnn2c(=O)[nH]c3ccccc3c12. The molecule has 0 saturated carbocycles. The number of hydrogen-bond acceptors (Lipinski definition) is 3. The molecular formula is C12H9N3O2. The van der Waals surface area contributed by atoms with Crippen molar-refractivity contribution in [2.75, 3.05) is 0 Å². The average molecular weight is 227 g/mol. The molecule has 1 N–H and O–H groups in total. The minimum Gasteiger partial charge on any atom is -0.305 e. The van der Waals surface area contributed by atoms with Gasteiger partial charge >= 0.3 is 5.69 Å². The molecule has 0 radical (unpaired) electrons. The Labute approximate surface area is 95.7 Å². The van der Waals surface area contributed by atoms with Gasteiger partial charge in [-0.05, 0) is 13.0 Å². The molecule has 0 bridgehead atoms. The van der Waals surface area contributed by atoms with Gasteiger partial charge in [-0.1, -0.05) is 18.2 Å². The molecule has 0 aliphatic heterocycles. The van der Waals surface area contributed by atoms with Crippen molar-refractivity contribution < 1.29 is 4.79 Å². The number of Topliss-reactive ketones (excluding diaryl/α,β-unsaturated/α-hetero) is 1. The first kappa shape index (κ1) is 9.77. The van der Waals surface area contributed by atoms with Crippen LogP contribution >= 0.6 is 0 Å². The van der Waals surface area contributed by atoms with E-state index < -0.39 is 0 Å². The monoisotopic (exact) mass is 227 g/mol. The molecule has 2 aromatic heterocycles. The largest absolute Gasteiger partial charge is 0.347 e. The molecule has 0 spiro atoms. The number of hydrogen-bond donors (Lipinski definition) is 1. The van der Waals surface area contributed by atoms with E-state index in [9.17, 15) is 9.59 Å². The quantitative estimate of drug-likeness (QED) is 0.638. The number of ketones is 1. The maximum Gasteiger partial charge on any atom is 0.347 e. The predicted molar refractivity (Wildman–Crippen MR) is 63.3 cm³/mol. The Balaban J connectivity index is 2.65. The van der Waals surface area contributed by atoms with E-state index in [2.05, 4.69) is 10.1 Å². The summed E-state index contributed by atoms with van der Waals surface area (Å²) in [5, 5.41) is 4.76. The Kier molecular flexibility index (Phi) is 1.89. The number of benzene rings is 1. The van der Waals surface area contributed by atoms with Crippen molar-refractivity contribution in [2.45, 2.75) is 6.92 Å². The highest BCUT2D eigenvalue weighted by atomic mass is 16.1. The van der Waals surface area contributed by atoms with Crippen LogP contribution in [0.1, 0.15) is 17.3 Å². The van der Waals surface area contributed by atoms with Gasteiger partial charge in [0.2, 0.25) is 0 Å². The first-order valence-electron chi connectivity index (χ1n) is 5.18. The second kappa shape index (κ2) is 3.28. The summed E-state index contributed by atoms with van der Waals surface area (Å²) in [5.41, 5.74) is 1.39. The standard InChI is InChI=1S/C12H9N3O2/c1-7(16)9-6-13-15-11(9)8-4-2-3-5-10(8)14-12(15)17/h2-6H,1H3,(H,14,17). The van der Waals surface area contributed by atoms with E-state index >= 15 is 0 Å². The number of nitrogens with one attached hydrogen (secondary N) is 1. The summed E-state index contributed by atoms with van der Waals surface area (Å²) in [7, 11) is 0. The van der Waals surface area contributed by atoms with E-state index in [0.29, 0.717) is 16.6 Å². The van der Waals surface area contributed by atoms with Crippen LogP contribution in [0.25, 0.3) is 16.4 Å². The van der Waals surface area contributed by atoms with Gasteiger partial charge in [-0.15, -0.1) is 0 Å². The van der Waals surface area contributed by atoms with Gasteiger partial charge in [0.1, 0.15) is 0 Å². The Hall–Kier alpha value is -2.43. The average Bonchev–Trinajstić information content (AvgIpc) is 2.74. The third-order valence-corrected chi connectivity index (χ3v) is 2.76. The highest BCUT2D eigenvalue weighted by Gasteiger charge is 2.13. The van der Waals surface area contributed by atoms with Crippen LogP contribution in [0.5, 0.6) is 0 Å². The van der Waals surface area contributed by atoms with Crippen molar-refractivity contribution in [3.63, 3.8) is 0 Å². The second-order valence-corrected chi connectivity index (χ2v) is 3.85. The van der Waals surface area contributed by atoms with Crippen molar-refractivity contribution >= 4 is 22.2 Å². The summed E-state index contributed by atoms with van der Waals surface area (Å²) in [5.74, 6) is -0.101. The number of aromatic amines is 1. The number of fused-ring (bicyclic) bond motifs is 3. The minimum atomic E-state index is -0.341. The number of para-hydroxylation sites is 1. The predicted octanol–water partition coefficient (Wildman–Crippen LogP) is 1.38. The van der Waals surface area contributed by atoms with E-state index in [1.165, 1.54) is 17.6 Å². The van der Waals surface area contributed by atoms with E-state index in [4.69, 9.17) is 0 Å². The summed E-state index contributed by atoms with van der Waals surface area (Å²) < 4.78 is 1.22. The van der Waals surface area contributed by atoms with Crippen LogP contribution in [0.15, 0.2) is 35.3 Å². The zero-order valence-electron chi connectivity index (χ0n) is 9.10. The molecule has 17 heavy (non-hydrogen) atoms. The zero-order valence-corrected chi connectivity index (χ0v) is 9.10. The van der Waals surface area contributed by atoms with Crippen LogP contribution in [0.4, 0.5) is 0 Å². The number of aromatic nitrogens is 3. The zero-order chi connectivity index (χ0) is 12.0. The summed E-state index contributed by atoms with van der Waals surface area (Å²) in [6, 6.07) is 7.35. The second-order valence-electron chi connectivity index (χ2n) is 3.85. The molecule has 1 aromatic carbocycles. The van der Waals surface area contributed by atoms with E-state index in [0.717, 1.165) is 5.39 Å². The highest BCUT2D eigenvalue weighted by Crippen LogP contribution is 2.19. The number of carbonyl (C=O) groups is 1. The van der Waals surface area contributed by atoms with Crippen molar-refractivity contribution in [2.24, 2.45) is 0 Å². The molecule has 0 amide bonds. The summed E-state index contributed by atoms with van der Waals surface area (Å²) in [6.07, 6.45) is 1.43. The first-order valence-corrected chi connectivity index (χ1v) is 5.18. The van der Waals surface area contributed by atoms with Gasteiger partial charge in [0.15, 0.2) is 5.78 Å². The molecule has 0 fully saturated rings. The van der Waals surface area contributed by atoms with Crippen LogP contribution in [0, 0.1) is 0 Å². The van der Waals surface area contributed by atoms with Crippen LogP contribution in [-0.4, -0.2) is 20.4 Å². The maximum absolute atomic E-state index is 11.8. The summed E-state index contributed by atoms with van der Waals surface area (Å²) in [6.45, 7) is 1.47. The van der Waals surface area contributed by atoms with Gasteiger partial charge in [0.25, 0.3) is 0 Å². The van der Waals surface area contributed by atoms with Crippen molar-refractivity contribution in [1.82, 2.24) is 14.6 Å². The van der Waals surface area contributed by atoms with E-state index in [1.54, 1.807) is 6.07 Å². The van der Waals surface area contributed by atoms with Crippen LogP contribution in [0.3, 0.4) is 0 Å². The Morgan fingerprint density at radius 1 is 1.35 bits per heavy atom. The molecule has 0 unspecified atom stereocenters. The molecule has 5 nitrogen and oxygen atoms in total.